The molecule has 0 amide bonds. The summed E-state index contributed by atoms with van der Waals surface area (Å²) in [6.07, 6.45) is -4.92. The van der Waals surface area contributed by atoms with Gasteiger partial charge in [-0.2, -0.15) is 18.3 Å². The number of nitrogens with one attached hydrogen (secondary N) is 1. The van der Waals surface area contributed by atoms with Crippen LogP contribution in [0.4, 0.5) is 19.0 Å². The average Bonchev–Trinajstić information content (AvgIpc) is 3.03. The molecule has 0 saturated heterocycles. The number of carboxylic acids is 1. The molecule has 10 heteroatoms. The molecule has 2 N–H and O–H groups in total. The van der Waals surface area contributed by atoms with Crippen molar-refractivity contribution in [3.05, 3.63) is 35.5 Å². The van der Waals surface area contributed by atoms with Gasteiger partial charge in [-0.05, 0) is 17.7 Å². The molecule has 0 fully saturated rings. The third kappa shape index (κ3) is 3.14. The lowest BCUT2D eigenvalue weighted by atomic mass is 9.96. The number of aromatic nitrogens is 2. The normalized spacial score (nSPS) is 19.4. The highest BCUT2D eigenvalue weighted by Crippen LogP contribution is 2.44. The van der Waals surface area contributed by atoms with Crippen molar-refractivity contribution in [1.29, 1.82) is 0 Å². The highest BCUT2D eigenvalue weighted by molar-refractivity contribution is 5.86. The molecule has 3 rings (SSSR count). The third-order valence-electron chi connectivity index (χ3n) is 4.22. The monoisotopic (exact) mass is 371 g/mol. The first kappa shape index (κ1) is 17.9. The maximum absolute atomic E-state index is 13.5. The number of carbonyl (C=O) groups is 1. The van der Waals surface area contributed by atoms with E-state index < -0.39 is 29.9 Å². The third-order valence-corrected chi connectivity index (χ3v) is 4.22. The molecule has 0 bridgehead atoms. The number of carboxylic acid groups (broad SMARTS) is 1. The minimum Gasteiger partial charge on any atom is -0.493 e. The van der Waals surface area contributed by atoms with Crippen LogP contribution in [0.15, 0.2) is 24.3 Å². The summed E-state index contributed by atoms with van der Waals surface area (Å²) in [5.74, 6) is -0.550. The van der Waals surface area contributed by atoms with Crippen molar-refractivity contribution < 1.29 is 32.5 Å². The summed E-state index contributed by atoms with van der Waals surface area (Å²) in [5, 5.41) is 15.5. The number of hydrogen-bond donors (Lipinski definition) is 2. The molecule has 0 unspecified atom stereocenters. The Morgan fingerprint density at radius 3 is 2.54 bits per heavy atom. The Kier molecular flexibility index (Phi) is 4.43. The molecular formula is C16H16F3N3O4. The van der Waals surface area contributed by atoms with E-state index in [2.05, 4.69) is 10.4 Å². The first-order valence-electron chi connectivity index (χ1n) is 7.62. The number of fused-ring (bicyclic) bond motifs is 1. The molecule has 0 radical (unpaired) electrons. The molecule has 1 aromatic heterocycles. The van der Waals surface area contributed by atoms with Crippen molar-refractivity contribution in [2.45, 2.75) is 24.7 Å². The zero-order chi connectivity index (χ0) is 19.1. The van der Waals surface area contributed by atoms with Crippen LogP contribution < -0.4 is 14.8 Å². The number of aromatic carboxylic acids is 1. The molecule has 1 aliphatic heterocycles. The van der Waals surface area contributed by atoms with Gasteiger partial charge in [0.15, 0.2) is 23.2 Å². The van der Waals surface area contributed by atoms with Crippen LogP contribution in [0.3, 0.4) is 0 Å². The number of methoxy groups -OCH3 is 2. The zero-order valence-corrected chi connectivity index (χ0v) is 13.9. The van der Waals surface area contributed by atoms with Gasteiger partial charge in [0, 0.05) is 12.5 Å². The summed E-state index contributed by atoms with van der Waals surface area (Å²) in [6.45, 7) is 0. The predicted molar refractivity (Wildman–Crippen MR) is 84.8 cm³/mol. The van der Waals surface area contributed by atoms with Gasteiger partial charge in [0.2, 0.25) is 0 Å². The molecule has 2 heterocycles. The Bertz CT molecular complexity index is 835. The number of anilines is 1. The van der Waals surface area contributed by atoms with Gasteiger partial charge in [-0.15, -0.1) is 0 Å². The first-order valence-corrected chi connectivity index (χ1v) is 7.62. The van der Waals surface area contributed by atoms with E-state index in [1.165, 1.54) is 14.2 Å². The van der Waals surface area contributed by atoms with Gasteiger partial charge in [0.25, 0.3) is 0 Å². The molecule has 140 valence electrons. The number of nitrogens with zero attached hydrogens (tertiary/aromatic N) is 2. The van der Waals surface area contributed by atoms with Gasteiger partial charge in [-0.3, -0.25) is 0 Å². The Morgan fingerprint density at radius 1 is 1.27 bits per heavy atom. The number of rotatable bonds is 4. The maximum atomic E-state index is 13.5. The Labute approximate surface area is 146 Å². The van der Waals surface area contributed by atoms with Crippen LogP contribution in [0.2, 0.25) is 0 Å². The van der Waals surface area contributed by atoms with E-state index in [4.69, 9.17) is 14.6 Å². The second-order valence-electron chi connectivity index (χ2n) is 5.77. The number of hydrogen-bond acceptors (Lipinski definition) is 5. The van der Waals surface area contributed by atoms with E-state index in [9.17, 15) is 18.0 Å². The minimum atomic E-state index is -4.58. The van der Waals surface area contributed by atoms with Crippen LogP contribution >= 0.6 is 0 Å². The summed E-state index contributed by atoms with van der Waals surface area (Å²) >= 11 is 0. The van der Waals surface area contributed by atoms with E-state index in [1.807, 2.05) is 0 Å². The topological polar surface area (TPSA) is 85.6 Å². The molecule has 0 spiro atoms. The lowest BCUT2D eigenvalue weighted by Crippen LogP contribution is -2.35. The van der Waals surface area contributed by atoms with Gasteiger partial charge in [-0.25, -0.2) is 9.48 Å². The second-order valence-corrected chi connectivity index (χ2v) is 5.77. The van der Waals surface area contributed by atoms with Gasteiger partial charge >= 0.3 is 12.1 Å². The Morgan fingerprint density at radius 2 is 1.96 bits per heavy atom. The molecule has 7 nitrogen and oxygen atoms in total. The zero-order valence-electron chi connectivity index (χ0n) is 13.9. The molecule has 2 aromatic rings. The van der Waals surface area contributed by atoms with E-state index in [0.29, 0.717) is 21.7 Å². The van der Waals surface area contributed by atoms with Crippen molar-refractivity contribution in [3.63, 3.8) is 0 Å². The molecule has 1 aliphatic rings. The number of alkyl halides is 3. The highest BCUT2D eigenvalue weighted by Gasteiger charge is 2.46. The van der Waals surface area contributed by atoms with Gasteiger partial charge in [-0.1, -0.05) is 6.07 Å². The fraction of sp³-hybridized carbons (Fsp3) is 0.375. The Hall–Kier alpha value is -2.91. The van der Waals surface area contributed by atoms with Crippen molar-refractivity contribution in [2.24, 2.45) is 0 Å². The second kappa shape index (κ2) is 6.43. The standard InChI is InChI=1S/C16H16F3N3O4/c1-25-11-4-3-8(5-12(11)26-2)9-6-13(16(17,18)19)22-14(20-9)7-10(21-22)15(23)24/h3-5,7,9,13,20H,6H2,1-2H3,(H,23,24)/t9-,13+/m1/s1. The molecule has 26 heavy (non-hydrogen) atoms. The first-order chi connectivity index (χ1) is 12.2. The number of benzene rings is 1. The number of halogens is 3. The summed E-state index contributed by atoms with van der Waals surface area (Å²) in [7, 11) is 2.89. The van der Waals surface area contributed by atoms with E-state index in [1.54, 1.807) is 18.2 Å². The molecule has 0 saturated carbocycles. The van der Waals surface area contributed by atoms with Crippen LogP contribution in [-0.4, -0.2) is 41.3 Å². The summed E-state index contributed by atoms with van der Waals surface area (Å²) in [4.78, 5) is 11.1. The van der Waals surface area contributed by atoms with Crippen molar-refractivity contribution >= 4 is 11.8 Å². The summed E-state index contributed by atoms with van der Waals surface area (Å²) in [6, 6.07) is 3.28. The fourth-order valence-corrected chi connectivity index (χ4v) is 2.97. The van der Waals surface area contributed by atoms with Crippen LogP contribution in [0.25, 0.3) is 0 Å². The van der Waals surface area contributed by atoms with Crippen molar-refractivity contribution in [2.75, 3.05) is 19.5 Å². The fourth-order valence-electron chi connectivity index (χ4n) is 2.97. The van der Waals surface area contributed by atoms with Gasteiger partial charge in [0.05, 0.1) is 20.3 Å². The predicted octanol–water partition coefficient (Wildman–Crippen LogP) is 3.26. The minimum absolute atomic E-state index is 0.00393. The van der Waals surface area contributed by atoms with Crippen LogP contribution in [-0.2, 0) is 0 Å². The smallest absolute Gasteiger partial charge is 0.410 e. The van der Waals surface area contributed by atoms with E-state index in [-0.39, 0.29) is 12.2 Å². The molecule has 0 aliphatic carbocycles. The highest BCUT2D eigenvalue weighted by atomic mass is 19.4. The quantitative estimate of drug-likeness (QED) is 0.858. The maximum Gasteiger partial charge on any atom is 0.410 e. The van der Waals surface area contributed by atoms with E-state index in [0.717, 1.165) is 6.07 Å². The molecule has 2 atom stereocenters. The largest absolute Gasteiger partial charge is 0.493 e. The summed E-state index contributed by atoms with van der Waals surface area (Å²) < 4.78 is 51.5. The lowest BCUT2D eigenvalue weighted by Gasteiger charge is -2.33. The van der Waals surface area contributed by atoms with Crippen LogP contribution in [0.1, 0.15) is 34.6 Å². The van der Waals surface area contributed by atoms with Gasteiger partial charge in [0.1, 0.15) is 5.82 Å². The number of ether oxygens (including phenoxy) is 2. The van der Waals surface area contributed by atoms with Crippen LogP contribution in [0, 0.1) is 0 Å². The average molecular weight is 371 g/mol. The Balaban J connectivity index is 2.02. The van der Waals surface area contributed by atoms with E-state index >= 15 is 0 Å². The SMILES string of the molecule is COc1ccc([C@H]2C[C@@H](C(F)(F)F)n3nc(C(=O)O)cc3N2)cc1OC. The molecule has 1 aromatic carbocycles. The van der Waals surface area contributed by atoms with Crippen LogP contribution in [0.5, 0.6) is 11.5 Å². The van der Waals surface area contributed by atoms with Crippen molar-refractivity contribution in [3.8, 4) is 11.5 Å². The lowest BCUT2D eigenvalue weighted by molar-refractivity contribution is -0.173. The summed E-state index contributed by atoms with van der Waals surface area (Å²) in [5.41, 5.74) is 0.107. The molecular weight excluding hydrogens is 355 g/mol. The van der Waals surface area contributed by atoms with Gasteiger partial charge < -0.3 is 19.9 Å². The van der Waals surface area contributed by atoms with Crippen molar-refractivity contribution in [1.82, 2.24) is 9.78 Å².